The molecule has 1 aliphatic rings. The molecule has 82 valence electrons. The van der Waals surface area contributed by atoms with Gasteiger partial charge >= 0.3 is 0 Å². The Balaban J connectivity index is 2.15. The van der Waals surface area contributed by atoms with Crippen LogP contribution in [0.1, 0.15) is 29.4 Å². The highest BCUT2D eigenvalue weighted by Crippen LogP contribution is 2.29. The molecule has 1 aliphatic heterocycles. The van der Waals surface area contributed by atoms with Gasteiger partial charge in [-0.05, 0) is 24.3 Å². The van der Waals surface area contributed by atoms with Gasteiger partial charge in [-0.2, -0.15) is 0 Å². The summed E-state index contributed by atoms with van der Waals surface area (Å²) in [5.41, 5.74) is 1.04. The van der Waals surface area contributed by atoms with Gasteiger partial charge in [0.25, 0.3) is 0 Å². The second-order valence-electron chi connectivity index (χ2n) is 3.91. The van der Waals surface area contributed by atoms with Crippen molar-refractivity contribution in [1.82, 2.24) is 0 Å². The molecule has 3 nitrogen and oxygen atoms in total. The Bertz CT molecular complexity index is 353. The van der Waals surface area contributed by atoms with Gasteiger partial charge in [0.2, 0.25) is 0 Å². The molecule has 2 rings (SSSR count). The van der Waals surface area contributed by atoms with Crippen LogP contribution in [-0.4, -0.2) is 30.1 Å². The topological polar surface area (TPSA) is 40.5 Å². The Labute approximate surface area is 93.3 Å². The van der Waals surface area contributed by atoms with Crippen LogP contribution >= 0.6 is 11.3 Å². The first-order valence-corrected chi connectivity index (χ1v) is 6.08. The number of ketones is 1. The number of Topliss-reactive ketones (excluding diaryl/α,β-unsaturated/α-hetero) is 1. The summed E-state index contributed by atoms with van der Waals surface area (Å²) in [5, 5.41) is 11.4. The van der Waals surface area contributed by atoms with Crippen molar-refractivity contribution >= 4 is 22.8 Å². The summed E-state index contributed by atoms with van der Waals surface area (Å²) in [7, 11) is 0. The van der Waals surface area contributed by atoms with Gasteiger partial charge < -0.3 is 10.0 Å². The third-order valence-corrected chi connectivity index (χ3v) is 3.77. The number of hydrogen-bond donors (Lipinski definition) is 1. The highest BCUT2D eigenvalue weighted by molar-refractivity contribution is 7.12. The van der Waals surface area contributed by atoms with E-state index in [0.29, 0.717) is 0 Å². The van der Waals surface area contributed by atoms with Crippen LogP contribution in [0.2, 0.25) is 0 Å². The smallest absolute Gasteiger partial charge is 0.171 e. The summed E-state index contributed by atoms with van der Waals surface area (Å²) in [6, 6.07) is 2.00. The lowest BCUT2D eigenvalue weighted by molar-refractivity contribution is 0.102. The number of nitrogens with zero attached hydrogens (tertiary/aromatic N) is 1. The van der Waals surface area contributed by atoms with Crippen molar-refractivity contribution in [3.8, 4) is 0 Å². The molecule has 0 aliphatic carbocycles. The van der Waals surface area contributed by atoms with E-state index in [0.717, 1.165) is 36.5 Å². The second-order valence-corrected chi connectivity index (χ2v) is 4.83. The van der Waals surface area contributed by atoms with E-state index in [1.165, 1.54) is 11.3 Å². The van der Waals surface area contributed by atoms with Crippen molar-refractivity contribution in [3.05, 3.63) is 16.3 Å². The van der Waals surface area contributed by atoms with E-state index < -0.39 is 0 Å². The molecular formula is C11H15NO2S. The number of carbonyl (C=O) groups excluding carboxylic acids is 1. The quantitative estimate of drug-likeness (QED) is 0.782. The van der Waals surface area contributed by atoms with Crippen LogP contribution in [0, 0.1) is 0 Å². The number of piperidine rings is 1. The fraction of sp³-hybridized carbons (Fsp3) is 0.545. The number of anilines is 1. The monoisotopic (exact) mass is 225 g/mol. The summed E-state index contributed by atoms with van der Waals surface area (Å²) < 4.78 is 0. The molecule has 0 saturated carbocycles. The standard InChI is InChI=1S/C11H15NO2S/c1-8(13)11-10(4-7-15-11)12-5-2-9(14)3-6-12/h4,7,9,14H,2-3,5-6H2,1H3. The van der Waals surface area contributed by atoms with E-state index >= 15 is 0 Å². The zero-order valence-corrected chi connectivity index (χ0v) is 9.59. The molecule has 4 heteroatoms. The Morgan fingerprint density at radius 2 is 2.20 bits per heavy atom. The minimum absolute atomic E-state index is 0.131. The van der Waals surface area contributed by atoms with Crippen molar-refractivity contribution in [2.24, 2.45) is 0 Å². The molecule has 0 spiro atoms. The molecule has 1 aromatic rings. The first-order valence-electron chi connectivity index (χ1n) is 5.20. The zero-order valence-electron chi connectivity index (χ0n) is 8.77. The highest BCUT2D eigenvalue weighted by Gasteiger charge is 2.21. The first kappa shape index (κ1) is 10.6. The molecule has 1 saturated heterocycles. The van der Waals surface area contributed by atoms with Crippen molar-refractivity contribution < 1.29 is 9.90 Å². The van der Waals surface area contributed by atoms with E-state index in [4.69, 9.17) is 0 Å². The zero-order chi connectivity index (χ0) is 10.8. The molecular weight excluding hydrogens is 210 g/mol. The summed E-state index contributed by atoms with van der Waals surface area (Å²) in [4.78, 5) is 14.4. The van der Waals surface area contributed by atoms with Crippen LogP contribution in [0.4, 0.5) is 5.69 Å². The van der Waals surface area contributed by atoms with Gasteiger partial charge in [0.15, 0.2) is 5.78 Å². The maximum atomic E-state index is 11.4. The maximum Gasteiger partial charge on any atom is 0.171 e. The molecule has 0 bridgehead atoms. The number of aliphatic hydroxyl groups excluding tert-OH is 1. The van der Waals surface area contributed by atoms with Crippen LogP contribution < -0.4 is 4.90 Å². The van der Waals surface area contributed by atoms with Crippen LogP contribution in [-0.2, 0) is 0 Å². The first-order chi connectivity index (χ1) is 7.18. The van der Waals surface area contributed by atoms with E-state index in [2.05, 4.69) is 4.90 Å². The molecule has 0 unspecified atom stereocenters. The molecule has 1 aromatic heterocycles. The second kappa shape index (κ2) is 4.33. The molecule has 0 radical (unpaired) electrons. The number of thiophene rings is 1. The largest absolute Gasteiger partial charge is 0.393 e. The fourth-order valence-electron chi connectivity index (χ4n) is 1.92. The Morgan fingerprint density at radius 1 is 1.53 bits per heavy atom. The lowest BCUT2D eigenvalue weighted by Crippen LogP contribution is -2.36. The minimum Gasteiger partial charge on any atom is -0.393 e. The SMILES string of the molecule is CC(=O)c1sccc1N1CCC(O)CC1. The van der Waals surface area contributed by atoms with E-state index in [-0.39, 0.29) is 11.9 Å². The highest BCUT2D eigenvalue weighted by atomic mass is 32.1. The summed E-state index contributed by atoms with van der Waals surface area (Å²) >= 11 is 1.50. The van der Waals surface area contributed by atoms with Crippen LogP contribution in [0.5, 0.6) is 0 Å². The fourth-order valence-corrected chi connectivity index (χ4v) is 2.74. The molecule has 0 atom stereocenters. The predicted octanol–water partition coefficient (Wildman–Crippen LogP) is 1.91. The van der Waals surface area contributed by atoms with Crippen LogP contribution in [0.25, 0.3) is 0 Å². The van der Waals surface area contributed by atoms with Gasteiger partial charge in [-0.3, -0.25) is 4.79 Å². The third-order valence-electron chi connectivity index (χ3n) is 2.77. The molecule has 15 heavy (non-hydrogen) atoms. The van der Waals surface area contributed by atoms with E-state index in [9.17, 15) is 9.90 Å². The Hall–Kier alpha value is -0.870. The lowest BCUT2D eigenvalue weighted by Gasteiger charge is -2.31. The van der Waals surface area contributed by atoms with Gasteiger partial charge in [-0.15, -0.1) is 11.3 Å². The number of hydrogen-bond acceptors (Lipinski definition) is 4. The molecule has 0 aromatic carbocycles. The predicted molar refractivity (Wildman–Crippen MR) is 61.8 cm³/mol. The van der Waals surface area contributed by atoms with Crippen molar-refractivity contribution in [2.45, 2.75) is 25.9 Å². The number of rotatable bonds is 2. The number of carbonyl (C=O) groups is 1. The van der Waals surface area contributed by atoms with Crippen molar-refractivity contribution in [2.75, 3.05) is 18.0 Å². The van der Waals surface area contributed by atoms with E-state index in [1.807, 2.05) is 11.4 Å². The summed E-state index contributed by atoms with van der Waals surface area (Å²) in [6.45, 7) is 3.30. The van der Waals surface area contributed by atoms with Gasteiger partial charge in [-0.25, -0.2) is 0 Å². The van der Waals surface area contributed by atoms with Gasteiger partial charge in [0.1, 0.15) is 0 Å². The molecule has 0 amide bonds. The average molecular weight is 225 g/mol. The van der Waals surface area contributed by atoms with Crippen LogP contribution in [0.15, 0.2) is 11.4 Å². The normalized spacial score (nSPS) is 18.1. The molecule has 2 heterocycles. The summed E-state index contributed by atoms with van der Waals surface area (Å²) in [6.07, 6.45) is 1.43. The van der Waals surface area contributed by atoms with Crippen LogP contribution in [0.3, 0.4) is 0 Å². The van der Waals surface area contributed by atoms with Crippen molar-refractivity contribution in [3.63, 3.8) is 0 Å². The number of aliphatic hydroxyl groups is 1. The molecule has 1 N–H and O–H groups in total. The molecule has 1 fully saturated rings. The van der Waals surface area contributed by atoms with Gasteiger partial charge in [0, 0.05) is 20.0 Å². The average Bonchev–Trinajstić information content (AvgIpc) is 2.67. The maximum absolute atomic E-state index is 11.4. The minimum atomic E-state index is -0.166. The van der Waals surface area contributed by atoms with E-state index in [1.54, 1.807) is 6.92 Å². The Morgan fingerprint density at radius 3 is 2.80 bits per heavy atom. The Kier molecular flexibility index (Phi) is 3.07. The van der Waals surface area contributed by atoms with Gasteiger partial charge in [-0.1, -0.05) is 0 Å². The third kappa shape index (κ3) is 2.21. The van der Waals surface area contributed by atoms with Crippen molar-refractivity contribution in [1.29, 1.82) is 0 Å². The lowest BCUT2D eigenvalue weighted by atomic mass is 10.1. The summed E-state index contributed by atoms with van der Waals surface area (Å²) in [5.74, 6) is 0.131. The van der Waals surface area contributed by atoms with Gasteiger partial charge in [0.05, 0.1) is 16.7 Å².